The molecular weight excluding hydrogens is 1010 g/mol. The zero-order valence-electron chi connectivity index (χ0n) is 38.5. The number of carbonyl (C=O) groups excluding carboxylic acids is 6. The first-order valence-electron chi connectivity index (χ1n) is 21.5. The number of carbonyl (C=O) groups is 6. The summed E-state index contributed by atoms with van der Waals surface area (Å²) >= 11 is 31.8. The Hall–Kier alpha value is -6.43. The number of azo groups is 2. The minimum atomic E-state index is -1.66. The van der Waals surface area contributed by atoms with Gasteiger partial charge in [-0.05, 0) is 125 Å². The van der Waals surface area contributed by atoms with Crippen molar-refractivity contribution in [2.45, 2.75) is 70.3 Å². The van der Waals surface area contributed by atoms with Crippen molar-refractivity contribution < 1.29 is 38.2 Å². The number of para-hydroxylation sites is 2. The van der Waals surface area contributed by atoms with Crippen LogP contribution in [-0.4, -0.2) is 60.5 Å². The molecule has 0 saturated carbocycles. The Morgan fingerprint density at radius 2 is 1.03 bits per heavy atom. The number of hydrogen-bond acceptors (Lipinski definition) is 12. The fourth-order valence-electron chi connectivity index (χ4n) is 6.60. The Bertz CT molecular complexity index is 2860. The van der Waals surface area contributed by atoms with Crippen LogP contribution in [-0.2, 0) is 25.1 Å². The van der Waals surface area contributed by atoms with Crippen molar-refractivity contribution in [3.63, 3.8) is 0 Å². The van der Waals surface area contributed by atoms with Crippen LogP contribution in [0, 0.1) is 0 Å². The van der Waals surface area contributed by atoms with Crippen LogP contribution in [0.1, 0.15) is 89.7 Å². The number of hydrogen-bond donors (Lipinski definition) is 4. The van der Waals surface area contributed by atoms with Crippen LogP contribution in [0.2, 0.25) is 10.0 Å². The molecule has 0 aliphatic heterocycles. The van der Waals surface area contributed by atoms with E-state index in [9.17, 15) is 28.8 Å². The molecular formula is C49H47Cl5N8O8. The fourth-order valence-corrected chi connectivity index (χ4v) is 7.50. The quantitative estimate of drug-likeness (QED) is 0.0314. The molecule has 0 bridgehead atoms. The molecule has 4 unspecified atom stereocenters. The van der Waals surface area contributed by atoms with Crippen molar-refractivity contribution in [1.29, 1.82) is 0 Å². The van der Waals surface area contributed by atoms with E-state index in [1.54, 1.807) is 50.2 Å². The normalized spacial score (nSPS) is 13.0. The number of rotatable bonds is 21. The number of ether oxygens (including phenoxy) is 2. The van der Waals surface area contributed by atoms with Gasteiger partial charge in [-0.25, -0.2) is 0 Å². The molecule has 5 aromatic carbocycles. The largest absolute Gasteiger partial charge is 0.492 e. The van der Waals surface area contributed by atoms with Gasteiger partial charge in [-0.3, -0.25) is 28.8 Å². The molecule has 0 radical (unpaired) electrons. The highest BCUT2D eigenvalue weighted by atomic mass is 35.5. The molecule has 5 rings (SSSR count). The van der Waals surface area contributed by atoms with Gasteiger partial charge in [-0.1, -0.05) is 47.5 Å². The van der Waals surface area contributed by atoms with Crippen molar-refractivity contribution in [3.05, 3.63) is 129 Å². The average Bonchev–Trinajstić information content (AvgIpc) is 3.31. The second kappa shape index (κ2) is 25.4. The Kier molecular flexibility index (Phi) is 19.8. The third-order valence-corrected chi connectivity index (χ3v) is 11.5. The molecule has 0 spiro atoms. The van der Waals surface area contributed by atoms with E-state index in [2.05, 4.69) is 41.7 Å². The van der Waals surface area contributed by atoms with Gasteiger partial charge < -0.3 is 30.7 Å². The van der Waals surface area contributed by atoms with Gasteiger partial charge in [0.15, 0.2) is 11.6 Å². The third kappa shape index (κ3) is 14.1. The van der Waals surface area contributed by atoms with Crippen LogP contribution < -0.4 is 30.7 Å². The van der Waals surface area contributed by atoms with Crippen LogP contribution >= 0.6 is 58.0 Å². The predicted molar refractivity (Wildman–Crippen MR) is 274 cm³/mol. The lowest BCUT2D eigenvalue weighted by Crippen LogP contribution is -2.32. The topological polar surface area (TPSA) is 218 Å². The van der Waals surface area contributed by atoms with Gasteiger partial charge in [0.2, 0.25) is 12.1 Å². The van der Waals surface area contributed by atoms with Crippen LogP contribution in [0.5, 0.6) is 11.5 Å². The summed E-state index contributed by atoms with van der Waals surface area (Å²) in [4.78, 5) is 79.3. The zero-order chi connectivity index (χ0) is 51.2. The number of benzene rings is 5. The van der Waals surface area contributed by atoms with Crippen molar-refractivity contribution in [2.24, 2.45) is 20.5 Å². The highest BCUT2D eigenvalue weighted by Gasteiger charge is 2.27. The first kappa shape index (κ1) is 54.5. The second-order valence-corrected chi connectivity index (χ2v) is 17.6. The van der Waals surface area contributed by atoms with E-state index < -0.39 is 58.0 Å². The zero-order valence-corrected chi connectivity index (χ0v) is 42.3. The van der Waals surface area contributed by atoms with E-state index in [-0.39, 0.29) is 49.8 Å². The molecule has 4 amide bonds. The van der Waals surface area contributed by atoms with Gasteiger partial charge in [0.05, 0.1) is 45.4 Å². The van der Waals surface area contributed by atoms with Gasteiger partial charge in [0.25, 0.3) is 23.6 Å². The number of halogens is 5. The second-order valence-electron chi connectivity index (χ2n) is 15.2. The Balaban J connectivity index is 1.28. The number of anilines is 4. The van der Waals surface area contributed by atoms with E-state index in [0.717, 1.165) is 13.8 Å². The molecule has 366 valence electrons. The molecule has 0 aliphatic rings. The molecule has 0 heterocycles. The first-order chi connectivity index (χ1) is 33.4. The highest BCUT2D eigenvalue weighted by Crippen LogP contribution is 2.38. The van der Waals surface area contributed by atoms with Crippen molar-refractivity contribution in [3.8, 4) is 11.5 Å². The van der Waals surface area contributed by atoms with Crippen molar-refractivity contribution in [1.82, 2.24) is 0 Å². The molecule has 0 fully saturated rings. The van der Waals surface area contributed by atoms with Crippen LogP contribution in [0.15, 0.2) is 111 Å². The number of amides is 4. The van der Waals surface area contributed by atoms with Crippen molar-refractivity contribution in [2.75, 3.05) is 34.5 Å². The lowest BCUT2D eigenvalue weighted by molar-refractivity contribution is -0.127. The summed E-state index contributed by atoms with van der Waals surface area (Å²) in [5, 5.41) is 26.3. The molecule has 0 saturated heterocycles. The SMILES string of the molecule is CCOc1cccc(C(C)Cl)c1NC(=O)c1ccc(Cl)c(N=NC(C(C)=O)C(=O)Nc2ccc(NC(=O)C(N=Nc3cc(C(=O)Nc4c(OCC)cccc4C(C)Cl)ccc3Cl)C(C)=O)c(CCl)c2)c1. The summed E-state index contributed by atoms with van der Waals surface area (Å²) < 4.78 is 11.4. The Morgan fingerprint density at radius 1 is 0.586 bits per heavy atom. The van der Waals surface area contributed by atoms with Crippen molar-refractivity contribution >= 4 is 127 Å². The van der Waals surface area contributed by atoms with E-state index in [1.165, 1.54) is 54.6 Å². The maximum Gasteiger partial charge on any atom is 0.258 e. The fraction of sp³-hybridized carbons (Fsp3) is 0.265. The number of ketones is 2. The minimum Gasteiger partial charge on any atom is -0.492 e. The summed E-state index contributed by atoms with van der Waals surface area (Å²) in [7, 11) is 0. The maximum absolute atomic E-state index is 13.5. The van der Waals surface area contributed by atoms with Crippen LogP contribution in [0.25, 0.3) is 0 Å². The lowest BCUT2D eigenvalue weighted by Gasteiger charge is -2.17. The lowest BCUT2D eigenvalue weighted by atomic mass is 10.1. The molecule has 5 aromatic rings. The molecule has 4 N–H and O–H groups in total. The Morgan fingerprint density at radius 3 is 1.43 bits per heavy atom. The summed E-state index contributed by atoms with van der Waals surface area (Å²) in [5.74, 6) is -3.47. The van der Waals surface area contributed by atoms with E-state index >= 15 is 0 Å². The minimum absolute atomic E-state index is 0.00104. The molecule has 4 atom stereocenters. The van der Waals surface area contributed by atoms with E-state index in [0.29, 0.717) is 52.8 Å². The monoisotopic (exact) mass is 1050 g/mol. The standard InChI is InChI=1S/C49H47Cl5N8O8/c1-7-69-40-13-9-11-33(25(3)51)44(40)57-46(65)29-15-18-35(53)38(22-29)59-61-42(27(5)63)48(67)55-32-17-20-37(31(21-32)24-50)56-49(68)43(28(6)64)62-60-39-23-30(16-19-36(39)54)47(66)58-45-34(26(4)52)12-10-14-41(45)70-8-2/h9-23,25-26,42-43H,7-8,24H2,1-6H3,(H,55,67)(H,56,68)(H,57,65)(H,58,66). The Labute approximate surface area is 428 Å². The van der Waals surface area contributed by atoms with Gasteiger partial charge in [-0.15, -0.1) is 34.8 Å². The van der Waals surface area contributed by atoms with Gasteiger partial charge in [0.1, 0.15) is 22.9 Å². The molecule has 21 heteroatoms. The van der Waals surface area contributed by atoms with E-state index in [1.807, 2.05) is 13.8 Å². The average molecular weight is 1050 g/mol. The maximum atomic E-state index is 13.5. The summed E-state index contributed by atoms with van der Waals surface area (Å²) in [6, 6.07) is 19.9. The summed E-state index contributed by atoms with van der Waals surface area (Å²) in [5.41, 5.74) is 2.98. The van der Waals surface area contributed by atoms with E-state index in [4.69, 9.17) is 67.5 Å². The molecule has 0 aromatic heterocycles. The number of alkyl halides is 3. The summed E-state index contributed by atoms with van der Waals surface area (Å²) in [6.45, 7) is 10.1. The van der Waals surface area contributed by atoms with Gasteiger partial charge in [0, 0.05) is 28.4 Å². The van der Waals surface area contributed by atoms with Crippen LogP contribution in [0.3, 0.4) is 0 Å². The molecule has 16 nitrogen and oxygen atoms in total. The number of nitrogens with one attached hydrogen (secondary N) is 4. The molecule has 70 heavy (non-hydrogen) atoms. The van der Waals surface area contributed by atoms with Gasteiger partial charge in [-0.2, -0.15) is 20.5 Å². The predicted octanol–water partition coefficient (Wildman–Crippen LogP) is 13.0. The number of nitrogens with zero attached hydrogens (tertiary/aromatic N) is 4. The summed E-state index contributed by atoms with van der Waals surface area (Å²) in [6.07, 6.45) is 0. The molecule has 0 aliphatic carbocycles. The van der Waals surface area contributed by atoms with Gasteiger partial charge >= 0.3 is 0 Å². The number of Topliss-reactive ketones (excluding diaryl/α,β-unsaturated/α-hetero) is 2. The first-order valence-corrected chi connectivity index (χ1v) is 23.7. The van der Waals surface area contributed by atoms with Crippen LogP contribution in [0.4, 0.5) is 34.1 Å². The highest BCUT2D eigenvalue weighted by molar-refractivity contribution is 6.33. The third-order valence-electron chi connectivity index (χ3n) is 10.1. The smallest absolute Gasteiger partial charge is 0.258 e.